The highest BCUT2D eigenvalue weighted by Gasteiger charge is 2.53. The first-order valence-electron chi connectivity index (χ1n) is 31.8. The summed E-state index contributed by atoms with van der Waals surface area (Å²) < 4.78 is 15.7. The standard InChI is InChI=1S/C83H70BN3O/c1-79(2,3)47-33-35-70-59(40-47)60-41-48(80(4,5)6)34-36-71(60)85(70)52-42-72-76-74(43-52)88-73-46-65-58(55-25-15-20-30-64(55)83(65)62-28-18-13-23-53(62)54-24-14-19-29-63(54)83)44-66(73)84(76)67-45-61-56-26-16-21-31-68(56)86(51-38-49(81(7,8)9)37-50(39-51)82(10,11)12)77(61)75-57-27-17-22-32-69(57)87(72)78(67)75/h13-46H,1-12H3. The maximum atomic E-state index is 7.88. The summed E-state index contributed by atoms with van der Waals surface area (Å²) in [5.41, 5.74) is 29.3. The smallest absolute Gasteiger partial charge is 0.256 e. The summed E-state index contributed by atoms with van der Waals surface area (Å²) in [5, 5.41) is 7.54. The van der Waals surface area contributed by atoms with Gasteiger partial charge in [0.25, 0.3) is 6.71 Å². The Morgan fingerprint density at radius 3 is 1.39 bits per heavy atom. The van der Waals surface area contributed by atoms with Gasteiger partial charge >= 0.3 is 0 Å². The van der Waals surface area contributed by atoms with Crippen molar-refractivity contribution in [3.05, 3.63) is 251 Å². The molecular weight excluding hydrogens is 1070 g/mol. The van der Waals surface area contributed by atoms with E-state index in [0.29, 0.717) is 0 Å². The van der Waals surface area contributed by atoms with Crippen LogP contribution in [0, 0.1) is 0 Å². The van der Waals surface area contributed by atoms with Crippen molar-refractivity contribution in [2.24, 2.45) is 0 Å². The molecule has 18 rings (SSSR count). The van der Waals surface area contributed by atoms with Crippen LogP contribution in [0.3, 0.4) is 0 Å². The molecule has 426 valence electrons. The third-order valence-electron chi connectivity index (χ3n) is 20.9. The van der Waals surface area contributed by atoms with Crippen molar-refractivity contribution in [3.63, 3.8) is 0 Å². The van der Waals surface area contributed by atoms with E-state index in [-0.39, 0.29) is 28.4 Å². The number of hydrogen-bond acceptors (Lipinski definition) is 1. The molecule has 4 nitrogen and oxygen atoms in total. The lowest BCUT2D eigenvalue weighted by atomic mass is 9.34. The maximum absolute atomic E-state index is 7.88. The summed E-state index contributed by atoms with van der Waals surface area (Å²) in [7, 11) is 0. The molecule has 3 aromatic heterocycles. The van der Waals surface area contributed by atoms with Crippen molar-refractivity contribution in [2.75, 3.05) is 0 Å². The van der Waals surface area contributed by atoms with Gasteiger partial charge in [0, 0.05) is 49.8 Å². The van der Waals surface area contributed by atoms with Gasteiger partial charge in [0.1, 0.15) is 11.5 Å². The molecule has 2 aliphatic heterocycles. The maximum Gasteiger partial charge on any atom is 0.256 e. The van der Waals surface area contributed by atoms with E-state index in [4.69, 9.17) is 4.74 Å². The zero-order chi connectivity index (χ0) is 60.0. The van der Waals surface area contributed by atoms with Crippen molar-refractivity contribution < 1.29 is 4.74 Å². The van der Waals surface area contributed by atoms with Gasteiger partial charge in [-0.05, 0) is 165 Å². The average molecular weight is 1140 g/mol. The highest BCUT2D eigenvalue weighted by molar-refractivity contribution is 6.99. The minimum atomic E-state index is -0.532. The fraction of sp³-hybridized carbons (Fsp3) is 0.205. The van der Waals surface area contributed by atoms with E-state index in [1.54, 1.807) is 0 Å². The molecule has 0 bridgehead atoms. The summed E-state index contributed by atoms with van der Waals surface area (Å²) >= 11 is 0. The molecular formula is C83H70BN3O. The average Bonchev–Trinajstić information content (AvgIpc) is 1.47. The number of rotatable bonds is 2. The lowest BCUT2D eigenvalue weighted by molar-refractivity contribution is 0.486. The first-order valence-corrected chi connectivity index (χ1v) is 31.8. The Hall–Kier alpha value is -9.32. The summed E-state index contributed by atoms with van der Waals surface area (Å²) in [6.45, 7) is 27.9. The monoisotopic (exact) mass is 1140 g/mol. The number of nitrogens with zero attached hydrogens (tertiary/aromatic N) is 3. The molecule has 0 N–H and O–H groups in total. The van der Waals surface area contributed by atoms with Crippen LogP contribution < -0.4 is 21.1 Å². The Labute approximate surface area is 515 Å². The van der Waals surface area contributed by atoms with E-state index in [1.807, 2.05) is 0 Å². The molecule has 5 heteroatoms. The summed E-state index contributed by atoms with van der Waals surface area (Å²) in [6, 6.07) is 80.2. The number of hydrogen-bond donors (Lipinski definition) is 0. The molecule has 0 saturated carbocycles. The zero-order valence-electron chi connectivity index (χ0n) is 52.5. The molecule has 0 amide bonds. The second-order valence-corrected chi connectivity index (χ2v) is 30.1. The van der Waals surface area contributed by atoms with Gasteiger partial charge < -0.3 is 18.4 Å². The van der Waals surface area contributed by atoms with Crippen molar-refractivity contribution in [1.82, 2.24) is 13.7 Å². The van der Waals surface area contributed by atoms with Crippen molar-refractivity contribution in [1.29, 1.82) is 0 Å². The molecule has 0 radical (unpaired) electrons. The molecule has 5 heterocycles. The molecule has 4 aliphatic rings. The predicted octanol–water partition coefficient (Wildman–Crippen LogP) is 19.4. The molecule has 0 unspecified atom stereocenters. The third-order valence-corrected chi connectivity index (χ3v) is 20.9. The van der Waals surface area contributed by atoms with E-state index in [9.17, 15) is 0 Å². The molecule has 2 aliphatic carbocycles. The van der Waals surface area contributed by atoms with E-state index in [2.05, 4.69) is 303 Å². The number of aromatic nitrogens is 3. The first-order chi connectivity index (χ1) is 42.2. The minimum absolute atomic E-state index is 0.0328. The number of benzene rings is 11. The lowest BCUT2D eigenvalue weighted by Gasteiger charge is -2.35. The fourth-order valence-corrected chi connectivity index (χ4v) is 16.5. The Balaban J connectivity index is 0.998. The van der Waals surface area contributed by atoms with Crippen LogP contribution in [0.1, 0.15) is 128 Å². The number of fused-ring (bicyclic) bond motifs is 24. The second-order valence-electron chi connectivity index (χ2n) is 30.1. The lowest BCUT2D eigenvalue weighted by Crippen LogP contribution is -2.58. The van der Waals surface area contributed by atoms with Crippen LogP contribution in [0.4, 0.5) is 0 Å². The Kier molecular flexibility index (Phi) is 10.0. The highest BCUT2D eigenvalue weighted by atomic mass is 16.5. The molecule has 88 heavy (non-hydrogen) atoms. The van der Waals surface area contributed by atoms with E-state index < -0.39 is 5.41 Å². The molecule has 1 spiro atoms. The van der Waals surface area contributed by atoms with Gasteiger partial charge in [0.05, 0.1) is 44.2 Å². The Morgan fingerprint density at radius 2 is 0.818 bits per heavy atom. The fourth-order valence-electron chi connectivity index (χ4n) is 16.5. The van der Waals surface area contributed by atoms with Crippen LogP contribution in [0.2, 0.25) is 0 Å². The SMILES string of the molecule is CC(C)(C)c1cc(-n2c3ccccc3c3cc4c5c(c6ccccc6n5-c5cc(-n6c7ccc(C(C)(C)C)cc7c7cc(C(C)(C)C)ccc76)cc6c5B4c4cc5c(cc4O6)C4(c6ccccc6-c6ccccc64)c4ccccc4-5)c32)cc(C(C)(C)C)c1. The molecule has 0 atom stereocenters. The van der Waals surface area contributed by atoms with Gasteiger partial charge in [0.15, 0.2) is 0 Å². The van der Waals surface area contributed by atoms with Gasteiger partial charge in [-0.15, -0.1) is 0 Å². The second kappa shape index (κ2) is 17.1. The topological polar surface area (TPSA) is 24.0 Å². The van der Waals surface area contributed by atoms with Gasteiger partial charge in [-0.25, -0.2) is 0 Å². The number of ether oxygens (including phenoxy) is 1. The van der Waals surface area contributed by atoms with Crippen molar-refractivity contribution in [3.8, 4) is 50.8 Å². The third kappa shape index (κ3) is 6.72. The van der Waals surface area contributed by atoms with Crippen LogP contribution in [0.15, 0.2) is 206 Å². The largest absolute Gasteiger partial charge is 0.458 e. The molecule has 0 fully saturated rings. The first kappa shape index (κ1) is 51.9. The Morgan fingerprint density at radius 1 is 0.330 bits per heavy atom. The van der Waals surface area contributed by atoms with Crippen molar-refractivity contribution >= 4 is 88.5 Å². The quantitative estimate of drug-likeness (QED) is 0.158. The molecule has 0 saturated heterocycles. The van der Waals surface area contributed by atoms with Crippen LogP contribution >= 0.6 is 0 Å². The van der Waals surface area contributed by atoms with Gasteiger partial charge in [-0.1, -0.05) is 223 Å². The molecule has 14 aromatic rings. The summed E-state index contributed by atoms with van der Waals surface area (Å²) in [4.78, 5) is 0. The van der Waals surface area contributed by atoms with E-state index >= 15 is 0 Å². The van der Waals surface area contributed by atoms with Crippen LogP contribution in [0.25, 0.3) is 105 Å². The normalized spacial score (nSPS) is 14.5. The summed E-state index contributed by atoms with van der Waals surface area (Å²) in [5.74, 6) is 1.80. The minimum Gasteiger partial charge on any atom is -0.458 e. The van der Waals surface area contributed by atoms with Crippen molar-refractivity contribution in [2.45, 2.75) is 110 Å². The van der Waals surface area contributed by atoms with Crippen LogP contribution in [-0.2, 0) is 27.1 Å². The van der Waals surface area contributed by atoms with Gasteiger partial charge in [0.2, 0.25) is 0 Å². The molecule has 11 aromatic carbocycles. The highest BCUT2D eigenvalue weighted by Crippen LogP contribution is 2.63. The predicted molar refractivity (Wildman–Crippen MR) is 372 cm³/mol. The van der Waals surface area contributed by atoms with Crippen LogP contribution in [0.5, 0.6) is 11.5 Å². The van der Waals surface area contributed by atoms with Gasteiger partial charge in [-0.3, -0.25) is 0 Å². The Bertz CT molecular complexity index is 5330. The zero-order valence-corrected chi connectivity index (χ0v) is 52.5. The summed E-state index contributed by atoms with van der Waals surface area (Å²) in [6.07, 6.45) is 0. The van der Waals surface area contributed by atoms with Gasteiger partial charge in [-0.2, -0.15) is 0 Å². The van der Waals surface area contributed by atoms with E-state index in [0.717, 1.165) is 22.9 Å². The van der Waals surface area contributed by atoms with E-state index in [1.165, 1.54) is 154 Å². The number of para-hydroxylation sites is 2. The van der Waals surface area contributed by atoms with Crippen LogP contribution in [-0.4, -0.2) is 20.4 Å².